The van der Waals surface area contributed by atoms with Crippen LogP contribution >= 0.6 is 11.6 Å². The molecule has 1 N–H and O–H groups in total. The van der Waals surface area contributed by atoms with Crippen LogP contribution < -0.4 is 10.1 Å². The zero-order valence-corrected chi connectivity index (χ0v) is 12.7. The minimum absolute atomic E-state index is 0.258. The van der Waals surface area contributed by atoms with Crippen molar-refractivity contribution in [3.05, 3.63) is 59.1 Å². The molecule has 0 spiro atoms. The Morgan fingerprint density at radius 3 is 2.55 bits per heavy atom. The van der Waals surface area contributed by atoms with E-state index in [2.05, 4.69) is 36.5 Å². The zero-order chi connectivity index (χ0) is 14.4. The van der Waals surface area contributed by atoms with Crippen LogP contribution in [0.4, 0.5) is 5.69 Å². The Morgan fingerprint density at radius 2 is 1.90 bits per heavy atom. The fourth-order valence-electron chi connectivity index (χ4n) is 2.28. The fraction of sp³-hybridized carbons (Fsp3) is 0.294. The van der Waals surface area contributed by atoms with Crippen molar-refractivity contribution in [2.75, 3.05) is 12.4 Å². The maximum absolute atomic E-state index is 6.08. The number of benzene rings is 2. The molecule has 0 radical (unpaired) electrons. The molecule has 106 valence electrons. The molecule has 20 heavy (non-hydrogen) atoms. The molecule has 0 heterocycles. The highest BCUT2D eigenvalue weighted by Gasteiger charge is 2.13. The summed E-state index contributed by atoms with van der Waals surface area (Å²) in [4.78, 5) is 0. The topological polar surface area (TPSA) is 21.3 Å². The van der Waals surface area contributed by atoms with Crippen molar-refractivity contribution in [2.45, 2.75) is 25.8 Å². The summed E-state index contributed by atoms with van der Waals surface area (Å²) < 4.78 is 5.39. The van der Waals surface area contributed by atoms with E-state index in [1.807, 2.05) is 24.3 Å². The molecular formula is C17H20ClNO. The molecule has 1 unspecified atom stereocenters. The summed E-state index contributed by atoms with van der Waals surface area (Å²) in [5.74, 6) is 0.812. The van der Waals surface area contributed by atoms with Crippen LogP contribution in [0.2, 0.25) is 5.02 Å². The Morgan fingerprint density at radius 1 is 1.15 bits per heavy atom. The van der Waals surface area contributed by atoms with Gasteiger partial charge in [0.2, 0.25) is 0 Å². The highest BCUT2D eigenvalue weighted by atomic mass is 35.5. The van der Waals surface area contributed by atoms with Gasteiger partial charge >= 0.3 is 0 Å². The van der Waals surface area contributed by atoms with Crippen molar-refractivity contribution >= 4 is 17.3 Å². The van der Waals surface area contributed by atoms with E-state index in [1.54, 1.807) is 7.11 Å². The summed E-state index contributed by atoms with van der Waals surface area (Å²) in [6.45, 7) is 2.19. The lowest BCUT2D eigenvalue weighted by Gasteiger charge is -2.21. The van der Waals surface area contributed by atoms with E-state index in [4.69, 9.17) is 16.3 Å². The summed E-state index contributed by atoms with van der Waals surface area (Å²) in [5.41, 5.74) is 2.21. The van der Waals surface area contributed by atoms with Gasteiger partial charge in [-0.25, -0.2) is 0 Å². The number of methoxy groups -OCH3 is 1. The average molecular weight is 290 g/mol. The monoisotopic (exact) mass is 289 g/mol. The van der Waals surface area contributed by atoms with Crippen LogP contribution in [0.25, 0.3) is 0 Å². The Balaban J connectivity index is 2.26. The van der Waals surface area contributed by atoms with Crippen LogP contribution in [0.3, 0.4) is 0 Å². The number of nitrogens with one attached hydrogen (secondary N) is 1. The smallest absolute Gasteiger partial charge is 0.142 e. The largest absolute Gasteiger partial charge is 0.495 e. The zero-order valence-electron chi connectivity index (χ0n) is 11.9. The second kappa shape index (κ2) is 7.20. The van der Waals surface area contributed by atoms with Crippen LogP contribution in [-0.4, -0.2) is 7.11 Å². The van der Waals surface area contributed by atoms with Crippen molar-refractivity contribution in [1.82, 2.24) is 0 Å². The lowest BCUT2D eigenvalue weighted by atomic mass is 10.0. The molecule has 0 aliphatic rings. The predicted octanol–water partition coefficient (Wildman–Crippen LogP) is 5.30. The maximum Gasteiger partial charge on any atom is 0.142 e. The van der Waals surface area contributed by atoms with Crippen LogP contribution in [0.5, 0.6) is 5.75 Å². The SMILES string of the molecule is CCCC(Nc1cc(Cl)ccc1OC)c1ccccc1. The number of ether oxygens (including phenoxy) is 1. The molecule has 2 aromatic rings. The van der Waals surface area contributed by atoms with Crippen molar-refractivity contribution in [3.63, 3.8) is 0 Å². The van der Waals surface area contributed by atoms with E-state index < -0.39 is 0 Å². The van der Waals surface area contributed by atoms with E-state index in [1.165, 1.54) is 5.56 Å². The minimum atomic E-state index is 0.258. The number of rotatable bonds is 6. The molecule has 2 nitrogen and oxygen atoms in total. The molecule has 0 saturated carbocycles. The predicted molar refractivity (Wildman–Crippen MR) is 85.7 cm³/mol. The van der Waals surface area contributed by atoms with Gasteiger partial charge in [0, 0.05) is 5.02 Å². The lowest BCUT2D eigenvalue weighted by molar-refractivity contribution is 0.415. The van der Waals surface area contributed by atoms with Crippen LogP contribution in [0.15, 0.2) is 48.5 Å². The van der Waals surface area contributed by atoms with Gasteiger partial charge in [-0.05, 0) is 30.2 Å². The van der Waals surface area contributed by atoms with Gasteiger partial charge in [0.25, 0.3) is 0 Å². The van der Waals surface area contributed by atoms with Crippen LogP contribution in [0, 0.1) is 0 Å². The number of halogens is 1. The van der Waals surface area contributed by atoms with Crippen LogP contribution in [0.1, 0.15) is 31.4 Å². The highest BCUT2D eigenvalue weighted by Crippen LogP contribution is 2.32. The van der Waals surface area contributed by atoms with Gasteiger partial charge in [-0.15, -0.1) is 0 Å². The Hall–Kier alpha value is -1.67. The van der Waals surface area contributed by atoms with Crippen molar-refractivity contribution in [2.24, 2.45) is 0 Å². The molecular weight excluding hydrogens is 270 g/mol. The molecule has 0 bridgehead atoms. The summed E-state index contributed by atoms with van der Waals surface area (Å²) in [5, 5.41) is 4.25. The number of anilines is 1. The number of hydrogen-bond acceptors (Lipinski definition) is 2. The molecule has 2 rings (SSSR count). The van der Waals surface area contributed by atoms with Gasteiger partial charge < -0.3 is 10.1 Å². The second-order valence-corrected chi connectivity index (χ2v) is 5.18. The first-order chi connectivity index (χ1) is 9.74. The van der Waals surface area contributed by atoms with Gasteiger partial charge in [0.15, 0.2) is 0 Å². The number of hydrogen-bond donors (Lipinski definition) is 1. The second-order valence-electron chi connectivity index (χ2n) is 4.74. The lowest BCUT2D eigenvalue weighted by Crippen LogP contribution is -2.11. The normalized spacial score (nSPS) is 11.9. The third-order valence-electron chi connectivity index (χ3n) is 3.27. The van der Waals surface area contributed by atoms with Gasteiger partial charge in [0.05, 0.1) is 18.8 Å². The molecule has 3 heteroatoms. The Labute approximate surface area is 125 Å². The van der Waals surface area contributed by atoms with Crippen molar-refractivity contribution in [3.8, 4) is 5.75 Å². The van der Waals surface area contributed by atoms with Gasteiger partial charge in [-0.3, -0.25) is 0 Å². The molecule has 0 amide bonds. The van der Waals surface area contributed by atoms with E-state index in [-0.39, 0.29) is 6.04 Å². The van der Waals surface area contributed by atoms with Gasteiger partial charge in [0.1, 0.15) is 5.75 Å². The van der Waals surface area contributed by atoms with Crippen molar-refractivity contribution < 1.29 is 4.74 Å². The van der Waals surface area contributed by atoms with Gasteiger partial charge in [-0.1, -0.05) is 55.3 Å². The van der Waals surface area contributed by atoms with E-state index in [0.717, 1.165) is 24.3 Å². The summed E-state index contributed by atoms with van der Waals surface area (Å²) >= 11 is 6.08. The molecule has 1 atom stereocenters. The highest BCUT2D eigenvalue weighted by molar-refractivity contribution is 6.30. The Kier molecular flexibility index (Phi) is 5.31. The van der Waals surface area contributed by atoms with Crippen LogP contribution in [-0.2, 0) is 0 Å². The fourth-order valence-corrected chi connectivity index (χ4v) is 2.45. The van der Waals surface area contributed by atoms with Crippen molar-refractivity contribution in [1.29, 1.82) is 0 Å². The van der Waals surface area contributed by atoms with Gasteiger partial charge in [-0.2, -0.15) is 0 Å². The molecule has 0 aromatic heterocycles. The first-order valence-corrected chi connectivity index (χ1v) is 7.27. The molecule has 0 aliphatic carbocycles. The third kappa shape index (κ3) is 3.67. The van der Waals surface area contributed by atoms with E-state index >= 15 is 0 Å². The summed E-state index contributed by atoms with van der Waals surface area (Å²) in [6.07, 6.45) is 2.16. The summed E-state index contributed by atoms with van der Waals surface area (Å²) in [6, 6.07) is 16.3. The average Bonchev–Trinajstić information content (AvgIpc) is 2.48. The third-order valence-corrected chi connectivity index (χ3v) is 3.51. The maximum atomic E-state index is 6.08. The molecule has 0 saturated heterocycles. The molecule has 0 fully saturated rings. The first-order valence-electron chi connectivity index (χ1n) is 6.89. The molecule has 0 aliphatic heterocycles. The quantitative estimate of drug-likeness (QED) is 0.779. The minimum Gasteiger partial charge on any atom is -0.495 e. The standard InChI is InChI=1S/C17H20ClNO/c1-3-7-15(13-8-5-4-6-9-13)19-16-12-14(18)10-11-17(16)20-2/h4-6,8-12,15,19H,3,7H2,1-2H3. The first kappa shape index (κ1) is 14.7. The molecule has 2 aromatic carbocycles. The Bertz CT molecular complexity index is 542. The summed E-state index contributed by atoms with van der Waals surface area (Å²) in [7, 11) is 1.67. The van der Waals surface area contributed by atoms with E-state index in [9.17, 15) is 0 Å². The van der Waals surface area contributed by atoms with E-state index in [0.29, 0.717) is 5.02 Å².